The van der Waals surface area contributed by atoms with E-state index in [0.717, 1.165) is 47.9 Å². The molecular weight excluding hydrogens is 641 g/mol. The van der Waals surface area contributed by atoms with Crippen LogP contribution in [0.3, 0.4) is 0 Å². The highest BCUT2D eigenvalue weighted by Gasteiger charge is 2.55. The molecule has 6 heteroatoms. The SMILES string of the molecule is O=C(CCC(=O)Nc1ccc2c(c1)[C@]13CCCC[C@H]1[C@H](C2)N(CC1CCC1)CC3)Nc1ccc2c(c1)[C@]13CCCC[C@H]1[C@H](C2)N(CC1CCC1)CC3. The number of piperidine rings is 2. The molecule has 278 valence electrons. The molecule has 2 heterocycles. The van der Waals surface area contributed by atoms with Crippen LogP contribution in [0.2, 0.25) is 0 Å². The van der Waals surface area contributed by atoms with Gasteiger partial charge in [0.15, 0.2) is 0 Å². The summed E-state index contributed by atoms with van der Waals surface area (Å²) in [6, 6.07) is 14.9. The summed E-state index contributed by atoms with van der Waals surface area (Å²) in [5.74, 6) is 3.21. The van der Waals surface area contributed by atoms with Gasteiger partial charge in [0.25, 0.3) is 0 Å². The van der Waals surface area contributed by atoms with E-state index in [1.165, 1.54) is 151 Å². The molecule has 6 fully saturated rings. The number of fused-ring (bicyclic) bond motifs is 2. The summed E-state index contributed by atoms with van der Waals surface area (Å²) in [5.41, 5.74) is 8.43. The lowest BCUT2D eigenvalue weighted by atomic mass is 9.52. The number of benzene rings is 2. The summed E-state index contributed by atoms with van der Waals surface area (Å²) in [6.07, 6.45) is 24.4. The van der Waals surface area contributed by atoms with Crippen LogP contribution in [-0.4, -0.2) is 59.9 Å². The number of rotatable bonds is 9. The number of nitrogens with one attached hydrogen (secondary N) is 2. The van der Waals surface area contributed by atoms with Crippen LogP contribution in [-0.2, 0) is 33.3 Å². The highest BCUT2D eigenvalue weighted by Crippen LogP contribution is 2.58. The third-order valence-corrected chi connectivity index (χ3v) is 16.5. The van der Waals surface area contributed by atoms with Gasteiger partial charge < -0.3 is 10.6 Å². The first kappa shape index (κ1) is 33.8. The zero-order valence-corrected chi connectivity index (χ0v) is 31.6. The largest absolute Gasteiger partial charge is 0.326 e. The minimum Gasteiger partial charge on any atom is -0.326 e. The van der Waals surface area contributed by atoms with Crippen molar-refractivity contribution in [1.29, 1.82) is 0 Å². The van der Waals surface area contributed by atoms with Gasteiger partial charge in [-0.05, 0) is 160 Å². The number of hydrogen-bond donors (Lipinski definition) is 2. The first-order valence-corrected chi connectivity index (χ1v) is 21.8. The van der Waals surface area contributed by atoms with Gasteiger partial charge in [-0.1, -0.05) is 50.7 Å². The molecule has 0 radical (unpaired) electrons. The Hall–Kier alpha value is -2.70. The molecule has 8 aliphatic rings. The topological polar surface area (TPSA) is 64.7 Å². The van der Waals surface area contributed by atoms with E-state index in [-0.39, 0.29) is 35.5 Å². The van der Waals surface area contributed by atoms with Crippen LogP contribution in [0.1, 0.15) is 138 Å². The van der Waals surface area contributed by atoms with Crippen LogP contribution in [0.25, 0.3) is 0 Å². The zero-order valence-electron chi connectivity index (χ0n) is 31.6. The molecule has 6 aliphatic carbocycles. The van der Waals surface area contributed by atoms with Crippen LogP contribution >= 0.6 is 0 Å². The maximum absolute atomic E-state index is 13.3. The molecule has 2 aromatic carbocycles. The van der Waals surface area contributed by atoms with Crippen molar-refractivity contribution in [1.82, 2.24) is 9.80 Å². The molecule has 0 unspecified atom stereocenters. The summed E-state index contributed by atoms with van der Waals surface area (Å²) >= 11 is 0. The van der Waals surface area contributed by atoms with Gasteiger partial charge in [-0.3, -0.25) is 19.4 Å². The van der Waals surface area contributed by atoms with E-state index in [1.54, 1.807) is 0 Å². The number of nitrogens with zero attached hydrogens (tertiary/aromatic N) is 2. The number of carbonyl (C=O) groups excluding carboxylic acids is 2. The smallest absolute Gasteiger partial charge is 0.224 e. The van der Waals surface area contributed by atoms with E-state index >= 15 is 0 Å². The molecule has 10 rings (SSSR count). The van der Waals surface area contributed by atoms with E-state index < -0.39 is 0 Å². The van der Waals surface area contributed by atoms with Crippen molar-refractivity contribution in [3.8, 4) is 0 Å². The third kappa shape index (κ3) is 5.79. The van der Waals surface area contributed by atoms with E-state index in [4.69, 9.17) is 0 Å². The molecule has 4 bridgehead atoms. The van der Waals surface area contributed by atoms with Gasteiger partial charge in [0.1, 0.15) is 0 Å². The fourth-order valence-electron chi connectivity index (χ4n) is 13.5. The van der Waals surface area contributed by atoms with Gasteiger partial charge >= 0.3 is 0 Å². The second kappa shape index (κ2) is 13.6. The Morgan fingerprint density at radius 3 is 1.46 bits per heavy atom. The van der Waals surface area contributed by atoms with Crippen molar-refractivity contribution in [2.24, 2.45) is 23.7 Å². The van der Waals surface area contributed by atoms with Gasteiger partial charge in [0, 0.05) is 60.2 Å². The highest BCUT2D eigenvalue weighted by molar-refractivity contribution is 5.97. The number of likely N-dealkylation sites (tertiary alicyclic amines) is 2. The molecule has 6 atom stereocenters. The van der Waals surface area contributed by atoms with E-state index in [1.807, 2.05) is 0 Å². The Morgan fingerprint density at radius 2 is 1.04 bits per heavy atom. The summed E-state index contributed by atoms with van der Waals surface area (Å²) < 4.78 is 0. The van der Waals surface area contributed by atoms with Gasteiger partial charge in [-0.2, -0.15) is 0 Å². The average molecular weight is 703 g/mol. The molecule has 2 aromatic rings. The second-order valence-corrected chi connectivity index (χ2v) is 19.0. The molecule has 2 aliphatic heterocycles. The number of carbonyl (C=O) groups is 2. The van der Waals surface area contributed by atoms with Crippen molar-refractivity contribution < 1.29 is 9.59 Å². The summed E-state index contributed by atoms with van der Waals surface area (Å²) in [7, 11) is 0. The molecule has 52 heavy (non-hydrogen) atoms. The fourth-order valence-corrected chi connectivity index (χ4v) is 13.5. The second-order valence-electron chi connectivity index (χ2n) is 19.0. The Bertz CT molecular complexity index is 1570. The first-order valence-electron chi connectivity index (χ1n) is 21.8. The monoisotopic (exact) mass is 702 g/mol. The van der Waals surface area contributed by atoms with Crippen LogP contribution in [0, 0.1) is 23.7 Å². The molecule has 4 saturated carbocycles. The Kier molecular flexibility index (Phi) is 8.82. The van der Waals surface area contributed by atoms with Crippen LogP contribution in [0.15, 0.2) is 36.4 Å². The minimum atomic E-state index is -0.0640. The summed E-state index contributed by atoms with van der Waals surface area (Å²) in [4.78, 5) is 32.4. The van der Waals surface area contributed by atoms with Gasteiger partial charge in [-0.15, -0.1) is 0 Å². The number of hydrogen-bond acceptors (Lipinski definition) is 4. The van der Waals surface area contributed by atoms with Crippen molar-refractivity contribution in [2.75, 3.05) is 36.8 Å². The van der Waals surface area contributed by atoms with Crippen molar-refractivity contribution in [2.45, 2.75) is 151 Å². The summed E-state index contributed by atoms with van der Waals surface area (Å²) in [5, 5.41) is 6.42. The van der Waals surface area contributed by atoms with Gasteiger partial charge in [0.05, 0.1) is 0 Å². The fraction of sp³-hybridized carbons (Fsp3) is 0.696. The predicted octanol–water partition coefficient (Wildman–Crippen LogP) is 8.76. The lowest BCUT2D eigenvalue weighted by Gasteiger charge is -2.59. The van der Waals surface area contributed by atoms with Crippen LogP contribution in [0.4, 0.5) is 11.4 Å². The van der Waals surface area contributed by atoms with Crippen molar-refractivity contribution in [3.05, 3.63) is 58.7 Å². The molecule has 6 nitrogen and oxygen atoms in total. The highest BCUT2D eigenvalue weighted by atomic mass is 16.2. The van der Waals surface area contributed by atoms with Crippen molar-refractivity contribution >= 4 is 23.2 Å². The third-order valence-electron chi connectivity index (χ3n) is 16.5. The average Bonchev–Trinajstić information content (AvgIpc) is 3.12. The standard InChI is InChI=1S/C46H62N4O2/c51-43(47-35-15-13-33-25-41-37-11-1-3-19-45(37,39(33)27-35)21-23-49(41)29-31-7-5-8-31)17-18-44(52)48-36-16-14-34-26-42-38-12-2-4-20-46(38,40(34)28-36)22-24-50(42)30-32-9-6-10-32/h13-16,27-28,31-32,37-38,41-42H,1-12,17-26,29-30H2,(H,47,51)(H,48,52)/t37-,38-,41-,42-,45-,46-/m0/s1. The van der Waals surface area contributed by atoms with Crippen LogP contribution in [0.5, 0.6) is 0 Å². The predicted molar refractivity (Wildman–Crippen MR) is 209 cm³/mol. The maximum atomic E-state index is 13.3. The van der Waals surface area contributed by atoms with Crippen LogP contribution < -0.4 is 10.6 Å². The van der Waals surface area contributed by atoms with Gasteiger partial charge in [0.2, 0.25) is 11.8 Å². The maximum Gasteiger partial charge on any atom is 0.224 e. The van der Waals surface area contributed by atoms with E-state index in [0.29, 0.717) is 12.1 Å². The van der Waals surface area contributed by atoms with Crippen molar-refractivity contribution in [3.63, 3.8) is 0 Å². The van der Waals surface area contributed by atoms with E-state index in [2.05, 4.69) is 56.8 Å². The Labute approximate surface area is 312 Å². The number of anilines is 2. The molecular formula is C46H62N4O2. The molecule has 0 aromatic heterocycles. The summed E-state index contributed by atoms with van der Waals surface area (Å²) in [6.45, 7) is 5.07. The number of amides is 2. The zero-order chi connectivity index (χ0) is 34.9. The lowest BCUT2D eigenvalue weighted by Crippen LogP contribution is -2.61. The quantitative estimate of drug-likeness (QED) is 0.274. The first-order chi connectivity index (χ1) is 25.5. The normalized spacial score (nSPS) is 34.1. The Balaban J connectivity index is 0.785. The van der Waals surface area contributed by atoms with Gasteiger partial charge in [-0.25, -0.2) is 0 Å². The Morgan fingerprint density at radius 1 is 0.577 bits per heavy atom. The molecule has 2 amide bonds. The minimum absolute atomic E-state index is 0.0640. The molecule has 2 N–H and O–H groups in total. The lowest BCUT2D eigenvalue weighted by molar-refractivity contribution is -0.121. The van der Waals surface area contributed by atoms with E-state index in [9.17, 15) is 9.59 Å². The molecule has 0 spiro atoms. The molecule has 2 saturated heterocycles.